The topological polar surface area (TPSA) is 29.5 Å². The summed E-state index contributed by atoms with van der Waals surface area (Å²) in [4.78, 5) is 0. The predicted molar refractivity (Wildman–Crippen MR) is 52.8 cm³/mol. The van der Waals surface area contributed by atoms with E-state index in [4.69, 9.17) is 5.11 Å². The molecule has 1 aromatic rings. The van der Waals surface area contributed by atoms with Crippen LogP contribution < -0.4 is 0 Å². The van der Waals surface area contributed by atoms with Crippen molar-refractivity contribution in [1.29, 1.82) is 0 Å². The number of aliphatic hydroxyl groups is 1. The number of benzene rings is 1. The van der Waals surface area contributed by atoms with Crippen LogP contribution in [0.4, 0.5) is 13.2 Å². The highest BCUT2D eigenvalue weighted by Gasteiger charge is 2.43. The van der Waals surface area contributed by atoms with Gasteiger partial charge in [-0.2, -0.15) is 13.2 Å². The molecule has 0 aliphatic carbocycles. The van der Waals surface area contributed by atoms with Crippen molar-refractivity contribution in [2.24, 2.45) is 0 Å². The Hall–Kier alpha value is -1.07. The molecule has 0 aliphatic heterocycles. The molecule has 0 spiro atoms. The molecular formula is C11H13F3O2. The van der Waals surface area contributed by atoms with Gasteiger partial charge in [0.15, 0.2) is 6.10 Å². The molecular weight excluding hydrogens is 221 g/mol. The Labute approximate surface area is 91.7 Å². The van der Waals surface area contributed by atoms with Crippen LogP contribution in [0, 0.1) is 0 Å². The van der Waals surface area contributed by atoms with E-state index in [1.54, 1.807) is 30.3 Å². The smallest absolute Gasteiger partial charge is 0.390 e. The third-order valence-electron chi connectivity index (χ3n) is 2.03. The van der Waals surface area contributed by atoms with E-state index >= 15 is 0 Å². The number of hydrogen-bond donors (Lipinski definition) is 1. The third kappa shape index (κ3) is 3.83. The van der Waals surface area contributed by atoms with Gasteiger partial charge >= 0.3 is 6.18 Å². The molecule has 2 atom stereocenters. The van der Waals surface area contributed by atoms with E-state index in [-0.39, 0.29) is 6.61 Å². The Kier molecular flexibility index (Phi) is 4.32. The summed E-state index contributed by atoms with van der Waals surface area (Å²) in [5.74, 6) is 0. The van der Waals surface area contributed by atoms with Gasteiger partial charge in [-0.1, -0.05) is 30.3 Å². The molecule has 0 radical (unpaired) electrons. The highest BCUT2D eigenvalue weighted by atomic mass is 19.4. The summed E-state index contributed by atoms with van der Waals surface area (Å²) in [5, 5.41) is 8.98. The van der Waals surface area contributed by atoms with Crippen molar-refractivity contribution in [3.8, 4) is 0 Å². The fourth-order valence-corrected chi connectivity index (χ4v) is 1.27. The van der Waals surface area contributed by atoms with Gasteiger partial charge in [-0.15, -0.1) is 0 Å². The van der Waals surface area contributed by atoms with Crippen molar-refractivity contribution >= 4 is 0 Å². The van der Waals surface area contributed by atoms with E-state index in [1.165, 1.54) is 0 Å². The molecule has 1 aromatic carbocycles. The molecule has 0 aliphatic rings. The van der Waals surface area contributed by atoms with E-state index in [0.717, 1.165) is 6.92 Å². The summed E-state index contributed by atoms with van der Waals surface area (Å²) in [7, 11) is 0. The third-order valence-corrected chi connectivity index (χ3v) is 2.03. The second-order valence-electron chi connectivity index (χ2n) is 3.50. The molecule has 1 N–H and O–H groups in total. The quantitative estimate of drug-likeness (QED) is 0.867. The van der Waals surface area contributed by atoms with Crippen molar-refractivity contribution in [2.45, 2.75) is 31.9 Å². The van der Waals surface area contributed by atoms with Crippen LogP contribution in [0.5, 0.6) is 0 Å². The molecule has 90 valence electrons. The van der Waals surface area contributed by atoms with E-state index < -0.39 is 18.4 Å². The monoisotopic (exact) mass is 234 g/mol. The minimum absolute atomic E-state index is 0.171. The Bertz CT molecular complexity index is 309. The average molecular weight is 234 g/mol. The maximum atomic E-state index is 12.4. The molecule has 0 bridgehead atoms. The summed E-state index contributed by atoms with van der Waals surface area (Å²) in [6.07, 6.45) is -8.28. The first kappa shape index (κ1) is 13.0. The number of rotatable bonds is 4. The molecule has 2 nitrogen and oxygen atoms in total. The molecule has 1 rings (SSSR count). The van der Waals surface area contributed by atoms with Gasteiger partial charge in [0.2, 0.25) is 0 Å². The minimum atomic E-state index is -4.55. The number of hydrogen-bond acceptors (Lipinski definition) is 2. The maximum absolute atomic E-state index is 12.4. The zero-order chi connectivity index (χ0) is 12.2. The second kappa shape index (κ2) is 5.32. The van der Waals surface area contributed by atoms with E-state index in [0.29, 0.717) is 5.56 Å². The molecule has 5 heteroatoms. The average Bonchev–Trinajstić information content (AvgIpc) is 2.17. The van der Waals surface area contributed by atoms with Crippen LogP contribution in [-0.4, -0.2) is 23.5 Å². The maximum Gasteiger partial charge on any atom is 0.417 e. The van der Waals surface area contributed by atoms with Gasteiger partial charge in [0, 0.05) is 0 Å². The lowest BCUT2D eigenvalue weighted by Gasteiger charge is -2.23. The highest BCUT2D eigenvalue weighted by Crippen LogP contribution is 2.26. The molecule has 0 fully saturated rings. The van der Waals surface area contributed by atoms with Gasteiger partial charge < -0.3 is 9.84 Å². The van der Waals surface area contributed by atoms with Crippen molar-refractivity contribution in [3.63, 3.8) is 0 Å². The summed E-state index contributed by atoms with van der Waals surface area (Å²) in [6, 6.07) is 8.51. The number of halogens is 3. The van der Waals surface area contributed by atoms with Gasteiger partial charge in [0.05, 0.1) is 12.7 Å². The van der Waals surface area contributed by atoms with Gasteiger partial charge in [-0.25, -0.2) is 0 Å². The van der Waals surface area contributed by atoms with Crippen LogP contribution >= 0.6 is 0 Å². The van der Waals surface area contributed by atoms with Gasteiger partial charge in [0.25, 0.3) is 0 Å². The fourth-order valence-electron chi connectivity index (χ4n) is 1.27. The van der Waals surface area contributed by atoms with Gasteiger partial charge in [-0.3, -0.25) is 0 Å². The summed E-state index contributed by atoms with van der Waals surface area (Å²) >= 11 is 0. The molecule has 0 saturated heterocycles. The summed E-state index contributed by atoms with van der Waals surface area (Å²) in [5.41, 5.74) is 0.636. The number of ether oxygens (including phenoxy) is 1. The standard InChI is InChI=1S/C11H13F3O2/c1-8(15)10(11(12,13)14)16-7-9-5-3-2-4-6-9/h2-6,8,10,15H,7H2,1H3/t8-,10-/m0/s1. The first-order valence-electron chi connectivity index (χ1n) is 4.81. The molecule has 0 saturated carbocycles. The first-order chi connectivity index (χ1) is 7.41. The van der Waals surface area contributed by atoms with Crippen molar-refractivity contribution in [1.82, 2.24) is 0 Å². The lowest BCUT2D eigenvalue weighted by atomic mass is 10.2. The fraction of sp³-hybridized carbons (Fsp3) is 0.455. The molecule has 0 aromatic heterocycles. The van der Waals surface area contributed by atoms with Crippen LogP contribution in [0.3, 0.4) is 0 Å². The Morgan fingerprint density at radius 3 is 2.25 bits per heavy atom. The highest BCUT2D eigenvalue weighted by molar-refractivity contribution is 5.13. The molecule has 0 unspecified atom stereocenters. The van der Waals surface area contributed by atoms with Crippen molar-refractivity contribution in [3.05, 3.63) is 35.9 Å². The van der Waals surface area contributed by atoms with Crippen LogP contribution in [0.2, 0.25) is 0 Å². The number of alkyl halides is 3. The second-order valence-corrected chi connectivity index (χ2v) is 3.50. The SMILES string of the molecule is C[C@H](O)[C@H](OCc1ccccc1)C(F)(F)F. The van der Waals surface area contributed by atoms with E-state index in [1.807, 2.05) is 0 Å². The minimum Gasteiger partial charge on any atom is -0.390 e. The van der Waals surface area contributed by atoms with Gasteiger partial charge in [-0.05, 0) is 12.5 Å². The van der Waals surface area contributed by atoms with E-state index in [2.05, 4.69) is 4.74 Å². The van der Waals surface area contributed by atoms with Crippen LogP contribution in [0.15, 0.2) is 30.3 Å². The van der Waals surface area contributed by atoms with Crippen LogP contribution in [0.1, 0.15) is 12.5 Å². The lowest BCUT2D eigenvalue weighted by Crippen LogP contribution is -2.40. The zero-order valence-corrected chi connectivity index (χ0v) is 8.74. The Balaban J connectivity index is 2.58. The largest absolute Gasteiger partial charge is 0.417 e. The normalized spacial score (nSPS) is 15.8. The van der Waals surface area contributed by atoms with Crippen molar-refractivity contribution in [2.75, 3.05) is 0 Å². The van der Waals surface area contributed by atoms with E-state index in [9.17, 15) is 13.2 Å². The van der Waals surface area contributed by atoms with Gasteiger partial charge in [0.1, 0.15) is 0 Å². The predicted octanol–water partition coefficient (Wildman–Crippen LogP) is 2.51. The Morgan fingerprint density at radius 2 is 1.81 bits per heavy atom. The Morgan fingerprint density at radius 1 is 1.25 bits per heavy atom. The molecule has 0 amide bonds. The zero-order valence-electron chi connectivity index (χ0n) is 8.74. The summed E-state index contributed by atoms with van der Waals surface area (Å²) in [6.45, 7) is 0.888. The molecule has 16 heavy (non-hydrogen) atoms. The number of aliphatic hydroxyl groups excluding tert-OH is 1. The first-order valence-corrected chi connectivity index (χ1v) is 4.81. The summed E-state index contributed by atoms with van der Waals surface area (Å²) < 4.78 is 41.8. The molecule has 0 heterocycles. The lowest BCUT2D eigenvalue weighted by molar-refractivity contribution is -0.247. The van der Waals surface area contributed by atoms with Crippen molar-refractivity contribution < 1.29 is 23.0 Å². The van der Waals surface area contributed by atoms with Crippen LogP contribution in [0.25, 0.3) is 0 Å². The van der Waals surface area contributed by atoms with Crippen LogP contribution in [-0.2, 0) is 11.3 Å².